The van der Waals surface area contributed by atoms with E-state index in [-0.39, 0.29) is 18.7 Å². The molecule has 0 radical (unpaired) electrons. The summed E-state index contributed by atoms with van der Waals surface area (Å²) in [6.45, 7) is 0. The van der Waals surface area contributed by atoms with Gasteiger partial charge in [0.2, 0.25) is 11.0 Å². The van der Waals surface area contributed by atoms with Crippen LogP contribution in [0.5, 0.6) is 0 Å². The zero-order valence-electron chi connectivity index (χ0n) is 9.41. The van der Waals surface area contributed by atoms with Crippen molar-refractivity contribution in [1.82, 2.24) is 10.2 Å². The van der Waals surface area contributed by atoms with Gasteiger partial charge in [-0.05, 0) is 19.3 Å². The fraction of sp³-hybridized carbons (Fsp3) is 0.700. The Morgan fingerprint density at radius 1 is 1.44 bits per heavy atom. The molecule has 1 heterocycles. The summed E-state index contributed by atoms with van der Waals surface area (Å²) >= 11 is 1.15. The Bertz CT molecular complexity index is 407. The van der Waals surface area contributed by atoms with E-state index < -0.39 is 18.0 Å². The number of hydrogen-bond acceptors (Lipinski definition) is 4. The molecule has 2 rings (SSSR count). The molecule has 0 unspecified atom stereocenters. The number of nitrogens with one attached hydrogen (secondary N) is 1. The second-order valence-corrected chi connectivity index (χ2v) is 5.17. The SMILES string of the molecule is O=C(Nc1nncs1)[C@@H]1CCC[C@H](C(F)(F)F)C1. The number of aromatic nitrogens is 2. The summed E-state index contributed by atoms with van der Waals surface area (Å²) in [7, 11) is 0. The Balaban J connectivity index is 1.94. The van der Waals surface area contributed by atoms with Gasteiger partial charge in [-0.1, -0.05) is 17.8 Å². The number of nitrogens with zero attached hydrogens (tertiary/aromatic N) is 2. The zero-order valence-corrected chi connectivity index (χ0v) is 10.2. The number of carbonyl (C=O) groups excluding carboxylic acids is 1. The molecule has 1 aliphatic rings. The van der Waals surface area contributed by atoms with Crippen molar-refractivity contribution >= 4 is 22.4 Å². The topological polar surface area (TPSA) is 54.9 Å². The van der Waals surface area contributed by atoms with E-state index in [4.69, 9.17) is 0 Å². The second kappa shape index (κ2) is 5.21. The largest absolute Gasteiger partial charge is 0.391 e. The first-order chi connectivity index (χ1) is 8.47. The normalized spacial score (nSPS) is 24.8. The maximum absolute atomic E-state index is 12.6. The van der Waals surface area contributed by atoms with Crippen LogP contribution in [0.2, 0.25) is 0 Å². The lowest BCUT2D eigenvalue weighted by molar-refractivity contribution is -0.185. The van der Waals surface area contributed by atoms with Gasteiger partial charge in [0.15, 0.2) is 0 Å². The molecule has 0 aromatic carbocycles. The number of alkyl halides is 3. The van der Waals surface area contributed by atoms with Crippen molar-refractivity contribution in [2.75, 3.05) is 5.32 Å². The van der Waals surface area contributed by atoms with Crippen molar-refractivity contribution < 1.29 is 18.0 Å². The summed E-state index contributed by atoms with van der Waals surface area (Å²) in [5, 5.41) is 10.0. The Morgan fingerprint density at radius 2 is 2.22 bits per heavy atom. The highest BCUT2D eigenvalue weighted by Gasteiger charge is 2.43. The molecular formula is C10H12F3N3OS. The van der Waals surface area contributed by atoms with Crippen LogP contribution in [-0.4, -0.2) is 22.3 Å². The average molecular weight is 279 g/mol. The molecule has 0 saturated heterocycles. The number of amides is 1. The van der Waals surface area contributed by atoms with Crippen LogP contribution in [0.3, 0.4) is 0 Å². The number of rotatable bonds is 2. The minimum atomic E-state index is -4.21. The Morgan fingerprint density at radius 3 is 2.83 bits per heavy atom. The molecule has 1 N–H and O–H groups in total. The van der Waals surface area contributed by atoms with Gasteiger partial charge in [0, 0.05) is 5.92 Å². The van der Waals surface area contributed by atoms with Gasteiger partial charge < -0.3 is 5.32 Å². The van der Waals surface area contributed by atoms with Gasteiger partial charge in [-0.3, -0.25) is 4.79 Å². The van der Waals surface area contributed by atoms with E-state index in [1.165, 1.54) is 5.51 Å². The van der Waals surface area contributed by atoms with Crippen LogP contribution < -0.4 is 5.32 Å². The van der Waals surface area contributed by atoms with Gasteiger partial charge in [-0.25, -0.2) is 0 Å². The zero-order chi connectivity index (χ0) is 13.2. The molecule has 0 aliphatic heterocycles. The van der Waals surface area contributed by atoms with Gasteiger partial charge in [0.1, 0.15) is 5.51 Å². The molecule has 2 atom stereocenters. The molecule has 4 nitrogen and oxygen atoms in total. The minimum Gasteiger partial charge on any atom is -0.300 e. The molecule has 1 saturated carbocycles. The highest BCUT2D eigenvalue weighted by molar-refractivity contribution is 7.13. The van der Waals surface area contributed by atoms with Crippen LogP contribution in [0.4, 0.5) is 18.3 Å². The molecule has 1 aliphatic carbocycles. The summed E-state index contributed by atoms with van der Waals surface area (Å²) in [6, 6.07) is 0. The lowest BCUT2D eigenvalue weighted by Gasteiger charge is -2.29. The summed E-state index contributed by atoms with van der Waals surface area (Å²) in [5.41, 5.74) is 1.45. The Labute approximate surface area is 106 Å². The van der Waals surface area contributed by atoms with Gasteiger partial charge >= 0.3 is 6.18 Å². The molecule has 0 bridgehead atoms. The summed E-state index contributed by atoms with van der Waals surface area (Å²) in [5.74, 6) is -2.34. The van der Waals surface area contributed by atoms with Crippen LogP contribution in [0.25, 0.3) is 0 Å². The third-order valence-corrected chi connectivity index (χ3v) is 3.70. The van der Waals surface area contributed by atoms with Crippen molar-refractivity contribution in [2.45, 2.75) is 31.9 Å². The quantitative estimate of drug-likeness (QED) is 0.905. The average Bonchev–Trinajstić information content (AvgIpc) is 2.81. The van der Waals surface area contributed by atoms with Gasteiger partial charge in [-0.2, -0.15) is 13.2 Å². The molecule has 1 aromatic rings. The van der Waals surface area contributed by atoms with Crippen molar-refractivity contribution in [3.05, 3.63) is 5.51 Å². The van der Waals surface area contributed by atoms with E-state index in [1.54, 1.807) is 0 Å². The molecule has 0 spiro atoms. The number of anilines is 1. The van der Waals surface area contributed by atoms with Gasteiger partial charge in [0.25, 0.3) is 0 Å². The van der Waals surface area contributed by atoms with E-state index in [9.17, 15) is 18.0 Å². The van der Waals surface area contributed by atoms with Crippen molar-refractivity contribution in [3.63, 3.8) is 0 Å². The highest BCUT2D eigenvalue weighted by Crippen LogP contribution is 2.40. The summed E-state index contributed by atoms with van der Waals surface area (Å²) < 4.78 is 37.8. The molecule has 100 valence electrons. The van der Waals surface area contributed by atoms with Crippen LogP contribution in [-0.2, 0) is 4.79 Å². The van der Waals surface area contributed by atoms with E-state index in [1.807, 2.05) is 0 Å². The summed E-state index contributed by atoms with van der Waals surface area (Å²) in [6.07, 6.45) is -3.29. The van der Waals surface area contributed by atoms with Crippen LogP contribution >= 0.6 is 11.3 Å². The van der Waals surface area contributed by atoms with Gasteiger partial charge in [-0.15, -0.1) is 10.2 Å². The predicted molar refractivity (Wildman–Crippen MR) is 60.0 cm³/mol. The number of carbonyl (C=O) groups is 1. The van der Waals surface area contributed by atoms with Crippen molar-refractivity contribution in [3.8, 4) is 0 Å². The van der Waals surface area contributed by atoms with Gasteiger partial charge in [0.05, 0.1) is 5.92 Å². The molecule has 1 aromatic heterocycles. The van der Waals surface area contributed by atoms with Crippen molar-refractivity contribution in [1.29, 1.82) is 0 Å². The predicted octanol–water partition coefficient (Wildman–Crippen LogP) is 2.85. The fourth-order valence-electron chi connectivity index (χ4n) is 2.16. The Hall–Kier alpha value is -1.18. The monoisotopic (exact) mass is 279 g/mol. The maximum Gasteiger partial charge on any atom is 0.391 e. The highest BCUT2D eigenvalue weighted by atomic mass is 32.1. The molecule has 18 heavy (non-hydrogen) atoms. The smallest absolute Gasteiger partial charge is 0.300 e. The molecule has 1 amide bonds. The summed E-state index contributed by atoms with van der Waals surface area (Å²) in [4.78, 5) is 11.8. The van der Waals surface area contributed by atoms with Crippen LogP contribution in [0.1, 0.15) is 25.7 Å². The van der Waals surface area contributed by atoms with Crippen molar-refractivity contribution in [2.24, 2.45) is 11.8 Å². The fourth-order valence-corrected chi connectivity index (χ4v) is 2.61. The molecule has 1 fully saturated rings. The third kappa shape index (κ3) is 3.18. The van der Waals surface area contributed by atoms with E-state index in [0.717, 1.165) is 11.3 Å². The maximum atomic E-state index is 12.6. The third-order valence-electron chi connectivity index (χ3n) is 3.10. The lowest BCUT2D eigenvalue weighted by atomic mass is 9.80. The van der Waals surface area contributed by atoms with E-state index in [0.29, 0.717) is 18.0 Å². The van der Waals surface area contributed by atoms with Crippen LogP contribution in [0.15, 0.2) is 5.51 Å². The van der Waals surface area contributed by atoms with E-state index in [2.05, 4.69) is 15.5 Å². The second-order valence-electron chi connectivity index (χ2n) is 4.34. The molecule has 8 heteroatoms. The van der Waals surface area contributed by atoms with Crippen LogP contribution in [0, 0.1) is 11.8 Å². The number of halogens is 3. The first kappa shape index (κ1) is 13.3. The standard InChI is InChI=1S/C10H12F3N3OS/c11-10(12,13)7-3-1-2-6(4-7)8(17)15-9-16-14-5-18-9/h5-7H,1-4H2,(H,15,16,17)/t6-,7+/m1/s1. The Kier molecular flexibility index (Phi) is 3.84. The minimum absolute atomic E-state index is 0.117. The lowest BCUT2D eigenvalue weighted by Crippen LogP contribution is -2.34. The van der Waals surface area contributed by atoms with E-state index >= 15 is 0 Å². The molecular weight excluding hydrogens is 267 g/mol. The first-order valence-corrected chi connectivity index (χ1v) is 6.48. The first-order valence-electron chi connectivity index (χ1n) is 5.60. The number of hydrogen-bond donors (Lipinski definition) is 1.